The van der Waals surface area contributed by atoms with E-state index in [2.05, 4.69) is 0 Å². The fourth-order valence-electron chi connectivity index (χ4n) is 2.55. The second-order valence-electron chi connectivity index (χ2n) is 7.18. The third-order valence-electron chi connectivity index (χ3n) is 3.77. The van der Waals surface area contributed by atoms with Crippen molar-refractivity contribution >= 4 is 17.8 Å². The molecule has 0 amide bonds. The highest BCUT2D eigenvalue weighted by Crippen LogP contribution is 2.36. The standard InChI is InChI=1S/C22H17F3N4S/c1-21(2,3)30-18-7-5-4-6-14(18)8-9-15-10-19(22(23,24)25)29-20(17(15)13-28)16(11-26)12-27/h4-10,29H,1-3H3. The molecule has 30 heavy (non-hydrogen) atoms. The van der Waals surface area contributed by atoms with E-state index in [1.165, 1.54) is 18.2 Å². The Morgan fingerprint density at radius 1 is 1.03 bits per heavy atom. The smallest absolute Gasteiger partial charge is 0.349 e. The molecule has 1 aromatic rings. The number of nitrogens with one attached hydrogen (secondary N) is 1. The van der Waals surface area contributed by atoms with Crippen LogP contribution >= 0.6 is 11.8 Å². The molecule has 1 aliphatic heterocycles. The summed E-state index contributed by atoms with van der Waals surface area (Å²) in [5.74, 6) is 0. The van der Waals surface area contributed by atoms with Gasteiger partial charge in [0, 0.05) is 9.64 Å². The van der Waals surface area contributed by atoms with Gasteiger partial charge in [0.2, 0.25) is 0 Å². The quantitative estimate of drug-likeness (QED) is 0.491. The molecule has 0 saturated carbocycles. The van der Waals surface area contributed by atoms with Gasteiger partial charge in [0.15, 0.2) is 5.57 Å². The molecule has 0 bridgehead atoms. The maximum absolute atomic E-state index is 13.4. The number of hydrogen-bond acceptors (Lipinski definition) is 5. The van der Waals surface area contributed by atoms with E-state index in [1.807, 2.05) is 44.3 Å². The Bertz CT molecular complexity index is 1080. The summed E-state index contributed by atoms with van der Waals surface area (Å²) in [5, 5.41) is 29.7. The average Bonchev–Trinajstić information content (AvgIpc) is 2.66. The van der Waals surface area contributed by atoms with Crippen LogP contribution in [0.4, 0.5) is 13.2 Å². The van der Waals surface area contributed by atoms with Crippen LogP contribution in [0.15, 0.2) is 69.4 Å². The molecule has 0 fully saturated rings. The van der Waals surface area contributed by atoms with Crippen LogP contribution in [-0.2, 0) is 0 Å². The number of alkyl halides is 3. The van der Waals surface area contributed by atoms with Gasteiger partial charge < -0.3 is 5.32 Å². The zero-order valence-corrected chi connectivity index (χ0v) is 17.2. The Morgan fingerprint density at radius 2 is 1.67 bits per heavy atom. The van der Waals surface area contributed by atoms with Crippen LogP contribution in [0.25, 0.3) is 6.08 Å². The summed E-state index contributed by atoms with van der Waals surface area (Å²) in [7, 11) is 0. The van der Waals surface area contributed by atoms with Crippen molar-refractivity contribution in [3.63, 3.8) is 0 Å². The van der Waals surface area contributed by atoms with Crippen molar-refractivity contribution < 1.29 is 13.2 Å². The summed E-state index contributed by atoms with van der Waals surface area (Å²) in [5.41, 5.74) is -1.69. The summed E-state index contributed by atoms with van der Waals surface area (Å²) in [6.45, 7) is 6.13. The number of nitriles is 3. The fraction of sp³-hybridized carbons (Fsp3) is 0.227. The molecule has 1 heterocycles. The maximum atomic E-state index is 13.4. The molecule has 1 N–H and O–H groups in total. The molecule has 0 spiro atoms. The first-order valence-corrected chi connectivity index (χ1v) is 9.53. The molecule has 4 nitrogen and oxygen atoms in total. The number of allylic oxidation sites excluding steroid dienone is 6. The van der Waals surface area contributed by atoms with Crippen LogP contribution < -0.4 is 5.32 Å². The number of dihydropyridines is 1. The second kappa shape index (κ2) is 8.95. The van der Waals surface area contributed by atoms with Crippen molar-refractivity contribution in [3.8, 4) is 18.2 Å². The Balaban J connectivity index is 2.65. The molecular weight excluding hydrogens is 409 g/mol. The summed E-state index contributed by atoms with van der Waals surface area (Å²) in [6, 6.07) is 12.3. The average molecular weight is 426 g/mol. The van der Waals surface area contributed by atoms with Crippen LogP contribution in [0, 0.1) is 34.0 Å². The SMILES string of the molecule is CC(C)(C)Sc1ccccc1C=CC1=C(C#N)C(=C(C#N)C#N)NC(C(F)(F)F)=C1. The van der Waals surface area contributed by atoms with Gasteiger partial charge >= 0.3 is 6.18 Å². The normalized spacial score (nSPS) is 14.5. The minimum Gasteiger partial charge on any atom is -0.349 e. The Kier molecular flexibility index (Phi) is 6.82. The molecule has 8 heteroatoms. The zero-order chi connectivity index (χ0) is 22.5. The predicted molar refractivity (Wildman–Crippen MR) is 109 cm³/mol. The van der Waals surface area contributed by atoms with Gasteiger partial charge in [-0.3, -0.25) is 0 Å². The molecular formula is C22H17F3N4S. The van der Waals surface area contributed by atoms with Crippen LogP contribution in [0.5, 0.6) is 0 Å². The molecule has 0 aromatic heterocycles. The summed E-state index contributed by atoms with van der Waals surface area (Å²) in [6.07, 6.45) is -0.946. The minimum absolute atomic E-state index is 0.0443. The molecule has 152 valence electrons. The van der Waals surface area contributed by atoms with E-state index in [1.54, 1.807) is 30.0 Å². The van der Waals surface area contributed by atoms with E-state index < -0.39 is 23.1 Å². The zero-order valence-electron chi connectivity index (χ0n) is 16.4. The van der Waals surface area contributed by atoms with Gasteiger partial charge in [-0.2, -0.15) is 29.0 Å². The highest BCUT2D eigenvalue weighted by molar-refractivity contribution is 8.00. The van der Waals surface area contributed by atoms with Crippen molar-refractivity contribution in [1.82, 2.24) is 5.32 Å². The topological polar surface area (TPSA) is 83.4 Å². The Hall–Kier alpha value is -3.41. The highest BCUT2D eigenvalue weighted by atomic mass is 32.2. The van der Waals surface area contributed by atoms with Crippen LogP contribution in [0.3, 0.4) is 0 Å². The lowest BCUT2D eigenvalue weighted by Crippen LogP contribution is -2.30. The van der Waals surface area contributed by atoms with Crippen LogP contribution in [0.2, 0.25) is 0 Å². The molecule has 0 aliphatic carbocycles. The van der Waals surface area contributed by atoms with Gasteiger partial charge in [-0.1, -0.05) is 51.1 Å². The third kappa shape index (κ3) is 5.56. The molecule has 0 radical (unpaired) electrons. The Labute approximate surface area is 177 Å². The number of hydrogen-bond donors (Lipinski definition) is 1. The first kappa shape index (κ1) is 22.9. The third-order valence-corrected chi connectivity index (χ3v) is 4.97. The van der Waals surface area contributed by atoms with Crippen molar-refractivity contribution in [1.29, 1.82) is 15.8 Å². The van der Waals surface area contributed by atoms with Gasteiger partial charge in [-0.05, 0) is 23.3 Å². The minimum atomic E-state index is -4.75. The molecule has 0 saturated heterocycles. The first-order valence-electron chi connectivity index (χ1n) is 8.71. The molecule has 0 atom stereocenters. The van der Waals surface area contributed by atoms with Crippen molar-refractivity contribution in [3.05, 3.63) is 70.1 Å². The van der Waals surface area contributed by atoms with Crippen LogP contribution in [0.1, 0.15) is 26.3 Å². The number of rotatable bonds is 3. The molecule has 1 aromatic carbocycles. The van der Waals surface area contributed by atoms with Gasteiger partial charge in [0.25, 0.3) is 0 Å². The lowest BCUT2D eigenvalue weighted by atomic mass is 9.97. The van der Waals surface area contributed by atoms with Gasteiger partial charge in [-0.15, -0.1) is 11.8 Å². The molecule has 1 aliphatic rings. The van der Waals surface area contributed by atoms with Gasteiger partial charge in [-0.25, -0.2) is 0 Å². The number of halogens is 3. The summed E-state index contributed by atoms with van der Waals surface area (Å²) < 4.78 is 40.0. The van der Waals surface area contributed by atoms with Crippen LogP contribution in [-0.4, -0.2) is 10.9 Å². The van der Waals surface area contributed by atoms with E-state index in [-0.39, 0.29) is 15.9 Å². The van der Waals surface area contributed by atoms with E-state index >= 15 is 0 Å². The number of nitrogens with zero attached hydrogens (tertiary/aromatic N) is 3. The lowest BCUT2D eigenvalue weighted by Gasteiger charge is -2.22. The van der Waals surface area contributed by atoms with Crippen molar-refractivity contribution in [2.24, 2.45) is 0 Å². The van der Waals surface area contributed by atoms with E-state index in [9.17, 15) is 18.4 Å². The maximum Gasteiger partial charge on any atom is 0.431 e. The number of benzene rings is 1. The summed E-state index contributed by atoms with van der Waals surface area (Å²) >= 11 is 1.60. The van der Waals surface area contributed by atoms with Crippen molar-refractivity contribution in [2.75, 3.05) is 0 Å². The number of thioether (sulfide) groups is 1. The van der Waals surface area contributed by atoms with Crippen molar-refractivity contribution in [2.45, 2.75) is 36.6 Å². The van der Waals surface area contributed by atoms with Gasteiger partial charge in [0.05, 0.1) is 11.3 Å². The molecule has 2 rings (SSSR count). The second-order valence-corrected chi connectivity index (χ2v) is 9.05. The van der Waals surface area contributed by atoms with E-state index in [0.29, 0.717) is 0 Å². The lowest BCUT2D eigenvalue weighted by molar-refractivity contribution is -0.0959. The predicted octanol–water partition coefficient (Wildman–Crippen LogP) is 5.76. The highest BCUT2D eigenvalue weighted by Gasteiger charge is 2.37. The molecule has 0 unspecified atom stereocenters. The summed E-state index contributed by atoms with van der Waals surface area (Å²) in [4.78, 5) is 0.930. The Morgan fingerprint density at radius 3 is 2.20 bits per heavy atom. The first-order chi connectivity index (χ1) is 14.0. The largest absolute Gasteiger partial charge is 0.431 e. The monoisotopic (exact) mass is 426 g/mol. The van der Waals surface area contributed by atoms with E-state index in [0.717, 1.165) is 16.5 Å². The fourth-order valence-corrected chi connectivity index (χ4v) is 3.62. The van der Waals surface area contributed by atoms with Gasteiger partial charge in [0.1, 0.15) is 23.9 Å². The van der Waals surface area contributed by atoms with E-state index in [4.69, 9.17) is 10.5 Å².